The highest BCUT2D eigenvalue weighted by molar-refractivity contribution is 6.35. The van der Waals surface area contributed by atoms with Crippen LogP contribution in [0.3, 0.4) is 0 Å². The fraction of sp³-hybridized carbons (Fsp3) is 0.294. The highest BCUT2D eigenvalue weighted by Gasteiger charge is 2.08. The molecule has 0 saturated carbocycles. The van der Waals surface area contributed by atoms with Crippen LogP contribution >= 0.6 is 23.2 Å². The van der Waals surface area contributed by atoms with E-state index in [1.165, 1.54) is 0 Å². The van der Waals surface area contributed by atoms with Gasteiger partial charge in [0.2, 0.25) is 0 Å². The van der Waals surface area contributed by atoms with Crippen molar-refractivity contribution in [3.05, 3.63) is 57.6 Å². The number of benzene rings is 2. The number of methoxy groups -OCH3 is 1. The predicted octanol–water partition coefficient (Wildman–Crippen LogP) is 1.69. The third-order valence-electron chi connectivity index (χ3n) is 3.21. The van der Waals surface area contributed by atoms with Gasteiger partial charge in [0.15, 0.2) is 11.5 Å². The van der Waals surface area contributed by atoms with Gasteiger partial charge in [0, 0.05) is 22.2 Å². The molecule has 0 bridgehead atoms. The second-order valence-corrected chi connectivity index (χ2v) is 5.63. The van der Waals surface area contributed by atoms with Gasteiger partial charge in [-0.05, 0) is 36.4 Å². The average molecular weight is 376 g/mol. The standard InChI is InChI=1S/C17H19Cl2NO2.ClH/c1-3-20-10-12-4-7-16(17(8-12)21-2)22-11-13-5-6-14(18)9-15(13)19;/h4-9,20H,3,10-11H2,1-2H3;1H/p-1. The summed E-state index contributed by atoms with van der Waals surface area (Å²) < 4.78 is 11.2. The van der Waals surface area contributed by atoms with Crippen molar-refractivity contribution in [2.24, 2.45) is 0 Å². The number of rotatable bonds is 7. The Morgan fingerprint density at radius 1 is 1.04 bits per heavy atom. The van der Waals surface area contributed by atoms with Crippen LogP contribution in [0.15, 0.2) is 36.4 Å². The first-order chi connectivity index (χ1) is 10.6. The minimum absolute atomic E-state index is 0. The van der Waals surface area contributed by atoms with Crippen LogP contribution in [-0.4, -0.2) is 13.7 Å². The number of halogens is 3. The summed E-state index contributed by atoms with van der Waals surface area (Å²) in [5.41, 5.74) is 2.03. The van der Waals surface area contributed by atoms with E-state index in [0.717, 1.165) is 24.2 Å². The first-order valence-corrected chi connectivity index (χ1v) is 7.84. The van der Waals surface area contributed by atoms with E-state index in [1.54, 1.807) is 19.2 Å². The largest absolute Gasteiger partial charge is 1.00 e. The Bertz CT molecular complexity index is 635. The SMILES string of the molecule is CCNCc1ccc(OCc2ccc(Cl)cc2Cl)c(OC)c1.[Cl-]. The van der Waals surface area contributed by atoms with Crippen LogP contribution in [0.2, 0.25) is 10.0 Å². The van der Waals surface area contributed by atoms with E-state index < -0.39 is 0 Å². The Hall–Kier alpha value is -1.13. The van der Waals surface area contributed by atoms with Crippen molar-refractivity contribution in [3.63, 3.8) is 0 Å². The molecule has 1 N–H and O–H groups in total. The topological polar surface area (TPSA) is 30.5 Å². The van der Waals surface area contributed by atoms with E-state index in [0.29, 0.717) is 28.2 Å². The molecule has 3 nitrogen and oxygen atoms in total. The fourth-order valence-corrected chi connectivity index (χ4v) is 2.47. The summed E-state index contributed by atoms with van der Waals surface area (Å²) >= 11 is 12.0. The molecule has 2 rings (SSSR count). The first kappa shape index (κ1) is 19.9. The minimum atomic E-state index is 0. The average Bonchev–Trinajstić information content (AvgIpc) is 2.52. The highest BCUT2D eigenvalue weighted by Crippen LogP contribution is 2.30. The number of hydrogen-bond acceptors (Lipinski definition) is 3. The van der Waals surface area contributed by atoms with Crippen molar-refractivity contribution in [2.45, 2.75) is 20.1 Å². The quantitative estimate of drug-likeness (QED) is 0.799. The molecule has 23 heavy (non-hydrogen) atoms. The normalized spacial score (nSPS) is 10.1. The van der Waals surface area contributed by atoms with Crippen LogP contribution in [0.1, 0.15) is 18.1 Å². The van der Waals surface area contributed by atoms with Crippen LogP contribution in [0.25, 0.3) is 0 Å². The molecule has 0 spiro atoms. The molecule has 0 amide bonds. The second-order valence-electron chi connectivity index (χ2n) is 4.79. The molecule has 0 aliphatic heterocycles. The summed E-state index contributed by atoms with van der Waals surface area (Å²) in [5, 5.41) is 4.48. The van der Waals surface area contributed by atoms with E-state index >= 15 is 0 Å². The van der Waals surface area contributed by atoms with Crippen LogP contribution in [0.4, 0.5) is 0 Å². The third kappa shape index (κ3) is 5.78. The molecule has 0 heterocycles. The number of hydrogen-bond donors (Lipinski definition) is 1. The van der Waals surface area contributed by atoms with Crippen molar-refractivity contribution >= 4 is 23.2 Å². The highest BCUT2D eigenvalue weighted by atomic mass is 35.5. The lowest BCUT2D eigenvalue weighted by molar-refractivity contribution is -0.00000496. The van der Waals surface area contributed by atoms with Gasteiger partial charge in [-0.3, -0.25) is 0 Å². The van der Waals surface area contributed by atoms with Crippen LogP contribution in [0.5, 0.6) is 11.5 Å². The Balaban J connectivity index is 0.00000264. The van der Waals surface area contributed by atoms with Gasteiger partial charge in [-0.25, -0.2) is 0 Å². The molecule has 0 radical (unpaired) electrons. The first-order valence-electron chi connectivity index (χ1n) is 7.08. The Morgan fingerprint density at radius 2 is 1.83 bits per heavy atom. The zero-order valence-electron chi connectivity index (χ0n) is 13.0. The maximum atomic E-state index is 6.15. The molecule has 0 atom stereocenters. The minimum Gasteiger partial charge on any atom is -1.00 e. The molecule has 2 aromatic rings. The number of ether oxygens (including phenoxy) is 2. The zero-order chi connectivity index (χ0) is 15.9. The summed E-state index contributed by atoms with van der Waals surface area (Å²) in [6.45, 7) is 4.16. The molecule has 0 unspecified atom stereocenters. The lowest BCUT2D eigenvalue weighted by Gasteiger charge is -2.13. The monoisotopic (exact) mass is 374 g/mol. The van der Waals surface area contributed by atoms with Crippen LogP contribution in [0, 0.1) is 0 Å². The number of nitrogens with one attached hydrogen (secondary N) is 1. The molecular formula is C17H19Cl3NO2-. The summed E-state index contributed by atoms with van der Waals surface area (Å²) in [7, 11) is 1.63. The lowest BCUT2D eigenvalue weighted by atomic mass is 10.2. The van der Waals surface area contributed by atoms with E-state index in [9.17, 15) is 0 Å². The van der Waals surface area contributed by atoms with Crippen molar-refractivity contribution in [1.82, 2.24) is 5.32 Å². The summed E-state index contributed by atoms with van der Waals surface area (Å²) in [4.78, 5) is 0. The summed E-state index contributed by atoms with van der Waals surface area (Å²) in [6, 6.07) is 11.3. The summed E-state index contributed by atoms with van der Waals surface area (Å²) in [6.07, 6.45) is 0. The smallest absolute Gasteiger partial charge is 0.161 e. The predicted molar refractivity (Wildman–Crippen MR) is 91.2 cm³/mol. The van der Waals surface area contributed by atoms with E-state index in [1.807, 2.05) is 24.3 Å². The van der Waals surface area contributed by atoms with Crippen molar-refractivity contribution in [3.8, 4) is 11.5 Å². The molecule has 0 aliphatic rings. The zero-order valence-corrected chi connectivity index (χ0v) is 15.3. The lowest BCUT2D eigenvalue weighted by Crippen LogP contribution is -3.00. The van der Waals surface area contributed by atoms with Gasteiger partial charge in [-0.2, -0.15) is 0 Å². The maximum absolute atomic E-state index is 6.15. The van der Waals surface area contributed by atoms with Gasteiger partial charge in [0.05, 0.1) is 7.11 Å². The Kier molecular flexibility index (Phi) is 8.56. The molecule has 0 aliphatic carbocycles. The van der Waals surface area contributed by atoms with E-state index in [4.69, 9.17) is 32.7 Å². The molecule has 6 heteroatoms. The summed E-state index contributed by atoms with van der Waals surface area (Å²) in [5.74, 6) is 1.40. The van der Waals surface area contributed by atoms with Crippen molar-refractivity contribution in [2.75, 3.05) is 13.7 Å². The van der Waals surface area contributed by atoms with Crippen molar-refractivity contribution < 1.29 is 21.9 Å². The fourth-order valence-electron chi connectivity index (χ4n) is 2.00. The van der Waals surface area contributed by atoms with E-state index in [2.05, 4.69) is 12.2 Å². The second kappa shape index (κ2) is 9.89. The van der Waals surface area contributed by atoms with Gasteiger partial charge < -0.3 is 27.2 Å². The van der Waals surface area contributed by atoms with Gasteiger partial charge in [-0.1, -0.05) is 42.3 Å². The van der Waals surface area contributed by atoms with Crippen LogP contribution < -0.4 is 27.2 Å². The van der Waals surface area contributed by atoms with Crippen molar-refractivity contribution in [1.29, 1.82) is 0 Å². The molecule has 0 aromatic heterocycles. The van der Waals surface area contributed by atoms with E-state index in [-0.39, 0.29) is 12.4 Å². The molecule has 0 fully saturated rings. The van der Waals surface area contributed by atoms with Gasteiger partial charge in [0.1, 0.15) is 6.61 Å². The molecule has 0 saturated heterocycles. The molecular weight excluding hydrogens is 357 g/mol. The maximum Gasteiger partial charge on any atom is 0.161 e. The van der Waals surface area contributed by atoms with Gasteiger partial charge in [-0.15, -0.1) is 0 Å². The molecule has 126 valence electrons. The van der Waals surface area contributed by atoms with Gasteiger partial charge in [0.25, 0.3) is 0 Å². The third-order valence-corrected chi connectivity index (χ3v) is 3.79. The molecule has 2 aromatic carbocycles. The Labute approximate surface area is 153 Å². The Morgan fingerprint density at radius 3 is 2.48 bits per heavy atom. The van der Waals surface area contributed by atoms with Gasteiger partial charge >= 0.3 is 0 Å². The van der Waals surface area contributed by atoms with Crippen LogP contribution in [-0.2, 0) is 13.2 Å².